The second kappa shape index (κ2) is 8.33. The van der Waals surface area contributed by atoms with Gasteiger partial charge in [0.05, 0.1) is 31.5 Å². The van der Waals surface area contributed by atoms with E-state index in [-0.39, 0.29) is 36.6 Å². The Labute approximate surface area is 140 Å². The van der Waals surface area contributed by atoms with Crippen LogP contribution in [0.4, 0.5) is 10.1 Å². The van der Waals surface area contributed by atoms with Crippen molar-refractivity contribution in [3.05, 3.63) is 53.6 Å². The topological polar surface area (TPSA) is 77.2 Å². The Morgan fingerprint density at radius 3 is 2.74 bits per heavy atom. The molecule has 7 heteroatoms. The number of nitrogens with one attached hydrogen (secondary N) is 1. The van der Waals surface area contributed by atoms with E-state index in [4.69, 9.17) is 10.5 Å². The van der Waals surface area contributed by atoms with E-state index in [1.807, 2.05) is 0 Å². The third kappa shape index (κ3) is 5.10. The van der Waals surface area contributed by atoms with E-state index in [9.17, 15) is 9.18 Å². The number of rotatable bonds is 5. The number of pyridine rings is 1. The number of carbonyl (C=O) groups excluding carboxylic acids is 1. The normalized spacial score (nSPS) is 11.3. The van der Waals surface area contributed by atoms with Crippen LogP contribution in [0.2, 0.25) is 0 Å². The SMILES string of the molecule is COc1ccc(F)cc1C(C)NC(=O)Cc1ccc(N)cn1.Cl. The van der Waals surface area contributed by atoms with Crippen LogP contribution in [0.5, 0.6) is 5.75 Å². The van der Waals surface area contributed by atoms with E-state index in [2.05, 4.69) is 10.3 Å². The van der Waals surface area contributed by atoms with E-state index < -0.39 is 0 Å². The van der Waals surface area contributed by atoms with Crippen molar-refractivity contribution < 1.29 is 13.9 Å². The molecule has 2 aromatic rings. The van der Waals surface area contributed by atoms with Gasteiger partial charge in [-0.15, -0.1) is 12.4 Å². The molecule has 1 aromatic heterocycles. The van der Waals surface area contributed by atoms with Crippen LogP contribution >= 0.6 is 12.4 Å². The number of aromatic nitrogens is 1. The summed E-state index contributed by atoms with van der Waals surface area (Å²) in [6, 6.07) is 7.21. The first-order valence-corrected chi connectivity index (χ1v) is 6.83. The molecule has 0 radical (unpaired) electrons. The van der Waals surface area contributed by atoms with E-state index in [0.717, 1.165) is 0 Å². The standard InChI is InChI=1S/C16H18FN3O2.ClH/c1-10(14-7-11(17)3-6-15(14)22-2)20-16(21)8-13-5-4-12(18)9-19-13;/h3-7,9-10H,8,18H2,1-2H3,(H,20,21);1H. The highest BCUT2D eigenvalue weighted by Gasteiger charge is 2.15. The number of anilines is 1. The van der Waals surface area contributed by atoms with Gasteiger partial charge in [-0.05, 0) is 37.3 Å². The molecule has 0 aliphatic heterocycles. The third-order valence-corrected chi connectivity index (χ3v) is 3.23. The molecule has 0 saturated heterocycles. The van der Waals surface area contributed by atoms with Crippen molar-refractivity contribution in [1.82, 2.24) is 10.3 Å². The van der Waals surface area contributed by atoms with Gasteiger partial charge in [-0.2, -0.15) is 0 Å². The lowest BCUT2D eigenvalue weighted by molar-refractivity contribution is -0.121. The maximum Gasteiger partial charge on any atom is 0.226 e. The third-order valence-electron chi connectivity index (χ3n) is 3.23. The van der Waals surface area contributed by atoms with Crippen molar-refractivity contribution >= 4 is 24.0 Å². The summed E-state index contributed by atoms with van der Waals surface area (Å²) in [6.45, 7) is 1.77. The molecule has 2 rings (SSSR count). The van der Waals surface area contributed by atoms with Crippen LogP contribution in [0.15, 0.2) is 36.5 Å². The lowest BCUT2D eigenvalue weighted by atomic mass is 10.1. The zero-order valence-corrected chi connectivity index (χ0v) is 13.7. The molecule has 23 heavy (non-hydrogen) atoms. The highest BCUT2D eigenvalue weighted by Crippen LogP contribution is 2.25. The number of hydrogen-bond acceptors (Lipinski definition) is 4. The summed E-state index contributed by atoms with van der Waals surface area (Å²) >= 11 is 0. The number of hydrogen-bond donors (Lipinski definition) is 2. The van der Waals surface area contributed by atoms with Gasteiger partial charge >= 0.3 is 0 Å². The molecule has 0 fully saturated rings. The molecule has 3 N–H and O–H groups in total. The van der Waals surface area contributed by atoms with Crippen molar-refractivity contribution in [3.8, 4) is 5.75 Å². The molecule has 1 amide bonds. The summed E-state index contributed by atoms with van der Waals surface area (Å²) in [7, 11) is 1.50. The minimum atomic E-state index is -0.382. The predicted octanol–water partition coefficient (Wildman–Crippen LogP) is 2.65. The van der Waals surface area contributed by atoms with E-state index in [0.29, 0.717) is 22.7 Å². The molecular formula is C16H19ClFN3O2. The van der Waals surface area contributed by atoms with Crippen LogP contribution in [0.25, 0.3) is 0 Å². The smallest absolute Gasteiger partial charge is 0.226 e. The van der Waals surface area contributed by atoms with Gasteiger partial charge in [-0.3, -0.25) is 9.78 Å². The first kappa shape index (κ1) is 18.7. The number of benzene rings is 1. The van der Waals surface area contributed by atoms with E-state index >= 15 is 0 Å². The van der Waals surface area contributed by atoms with Crippen molar-refractivity contribution in [2.45, 2.75) is 19.4 Å². The van der Waals surface area contributed by atoms with Crippen LogP contribution in [0.3, 0.4) is 0 Å². The van der Waals surface area contributed by atoms with Gasteiger partial charge in [0.15, 0.2) is 0 Å². The van der Waals surface area contributed by atoms with Crippen molar-refractivity contribution in [2.75, 3.05) is 12.8 Å². The van der Waals surface area contributed by atoms with Gasteiger partial charge < -0.3 is 15.8 Å². The van der Waals surface area contributed by atoms with Gasteiger partial charge in [-0.1, -0.05) is 0 Å². The summed E-state index contributed by atoms with van der Waals surface area (Å²) in [5, 5.41) is 2.80. The number of halogens is 2. The summed E-state index contributed by atoms with van der Waals surface area (Å²) in [6.07, 6.45) is 1.63. The average molecular weight is 340 g/mol. The number of nitrogens with two attached hydrogens (primary N) is 1. The number of ether oxygens (including phenoxy) is 1. The first-order chi connectivity index (χ1) is 10.5. The second-order valence-corrected chi connectivity index (χ2v) is 4.94. The van der Waals surface area contributed by atoms with Crippen LogP contribution in [-0.4, -0.2) is 18.0 Å². The molecule has 124 valence electrons. The Hall–Kier alpha value is -2.34. The van der Waals surface area contributed by atoms with Gasteiger partial charge in [0.1, 0.15) is 11.6 Å². The fourth-order valence-electron chi connectivity index (χ4n) is 2.12. The summed E-state index contributed by atoms with van der Waals surface area (Å²) < 4.78 is 18.6. The molecule has 0 aliphatic carbocycles. The molecule has 0 aliphatic rings. The maximum absolute atomic E-state index is 13.4. The number of nitrogen functional groups attached to an aromatic ring is 1. The van der Waals surface area contributed by atoms with Crippen molar-refractivity contribution in [1.29, 1.82) is 0 Å². The quantitative estimate of drug-likeness (QED) is 0.878. The lowest BCUT2D eigenvalue weighted by Crippen LogP contribution is -2.28. The highest BCUT2D eigenvalue weighted by molar-refractivity contribution is 5.85. The number of nitrogens with zero attached hydrogens (tertiary/aromatic N) is 1. The van der Waals surface area contributed by atoms with Gasteiger partial charge in [0.2, 0.25) is 5.91 Å². The fourth-order valence-corrected chi connectivity index (χ4v) is 2.12. The minimum absolute atomic E-state index is 0. The van der Waals surface area contributed by atoms with Gasteiger partial charge in [-0.25, -0.2) is 4.39 Å². The fraction of sp³-hybridized carbons (Fsp3) is 0.250. The highest BCUT2D eigenvalue weighted by atomic mass is 35.5. The molecule has 1 heterocycles. The molecule has 0 spiro atoms. The number of carbonyl (C=O) groups is 1. The molecule has 0 saturated carbocycles. The molecule has 1 unspecified atom stereocenters. The zero-order chi connectivity index (χ0) is 16.1. The predicted molar refractivity (Wildman–Crippen MR) is 89.1 cm³/mol. The maximum atomic E-state index is 13.4. The molecule has 1 atom stereocenters. The Bertz CT molecular complexity index is 665. The zero-order valence-electron chi connectivity index (χ0n) is 12.9. The lowest BCUT2D eigenvalue weighted by Gasteiger charge is -2.17. The molecule has 5 nitrogen and oxygen atoms in total. The Morgan fingerprint density at radius 2 is 2.13 bits per heavy atom. The Morgan fingerprint density at radius 1 is 1.39 bits per heavy atom. The average Bonchev–Trinajstić information content (AvgIpc) is 2.49. The van der Waals surface area contributed by atoms with Crippen LogP contribution in [0.1, 0.15) is 24.2 Å². The molecule has 1 aromatic carbocycles. The first-order valence-electron chi connectivity index (χ1n) is 6.83. The molecular weight excluding hydrogens is 321 g/mol. The second-order valence-electron chi connectivity index (χ2n) is 4.94. The monoisotopic (exact) mass is 339 g/mol. The van der Waals surface area contributed by atoms with E-state index in [1.54, 1.807) is 19.1 Å². The van der Waals surface area contributed by atoms with Crippen molar-refractivity contribution in [2.24, 2.45) is 0 Å². The van der Waals surface area contributed by atoms with Crippen LogP contribution < -0.4 is 15.8 Å². The Kier molecular flexibility index (Phi) is 6.78. The van der Waals surface area contributed by atoms with Crippen LogP contribution in [-0.2, 0) is 11.2 Å². The number of methoxy groups -OCH3 is 1. The van der Waals surface area contributed by atoms with Gasteiger partial charge in [0.25, 0.3) is 0 Å². The van der Waals surface area contributed by atoms with Gasteiger partial charge in [0, 0.05) is 11.3 Å². The van der Waals surface area contributed by atoms with Crippen molar-refractivity contribution in [3.63, 3.8) is 0 Å². The summed E-state index contributed by atoms with van der Waals surface area (Å²) in [5.41, 5.74) is 7.29. The van der Waals surface area contributed by atoms with E-state index in [1.165, 1.54) is 31.5 Å². The summed E-state index contributed by atoms with van der Waals surface area (Å²) in [5.74, 6) is -0.0620. The van der Waals surface area contributed by atoms with Crippen LogP contribution in [0, 0.1) is 5.82 Å². The summed E-state index contributed by atoms with van der Waals surface area (Å²) in [4.78, 5) is 16.1. The Balaban J connectivity index is 0.00000264. The number of amides is 1. The minimum Gasteiger partial charge on any atom is -0.496 e. The molecule has 0 bridgehead atoms. The largest absolute Gasteiger partial charge is 0.496 e.